The van der Waals surface area contributed by atoms with E-state index in [9.17, 15) is 0 Å². The molecule has 4 bridgehead atoms. The number of hydrogen-bond acceptors (Lipinski definition) is 3. The van der Waals surface area contributed by atoms with Crippen molar-refractivity contribution in [3.05, 3.63) is 120 Å². The SMILES string of the molecule is c1ccc(-c2nc(-c3ccc4c(c3)-c3ccc5sc6ccccc6c5c3C43C4CC5CC(C4)CC3C5)nc3ccccc23)cc1. The molecule has 5 aliphatic rings. The molecular weight excluding hydrogens is 565 g/mol. The summed E-state index contributed by atoms with van der Waals surface area (Å²) in [4.78, 5) is 10.4. The molecule has 2 heterocycles. The van der Waals surface area contributed by atoms with Crippen LogP contribution in [0.25, 0.3) is 64.8 Å². The number of fused-ring (bicyclic) bond motifs is 8. The first-order chi connectivity index (χ1) is 22.3. The van der Waals surface area contributed by atoms with Crippen molar-refractivity contribution in [2.45, 2.75) is 37.5 Å². The van der Waals surface area contributed by atoms with Gasteiger partial charge in [0.25, 0.3) is 0 Å². The van der Waals surface area contributed by atoms with Crippen molar-refractivity contribution in [2.24, 2.45) is 23.7 Å². The van der Waals surface area contributed by atoms with E-state index in [1.165, 1.54) is 63.4 Å². The molecule has 0 N–H and O–H groups in total. The van der Waals surface area contributed by atoms with Crippen LogP contribution in [-0.4, -0.2) is 9.97 Å². The van der Waals surface area contributed by atoms with Crippen molar-refractivity contribution in [3.8, 4) is 33.8 Å². The Bertz CT molecular complexity index is 2320. The van der Waals surface area contributed by atoms with Gasteiger partial charge in [-0.25, -0.2) is 9.97 Å². The van der Waals surface area contributed by atoms with Crippen LogP contribution in [0.1, 0.15) is 43.2 Å². The zero-order valence-electron chi connectivity index (χ0n) is 25.0. The lowest BCUT2D eigenvalue weighted by Gasteiger charge is -2.61. The fourth-order valence-corrected chi connectivity index (χ4v) is 11.8. The van der Waals surface area contributed by atoms with E-state index in [0.717, 1.165) is 57.2 Å². The monoisotopic (exact) mass is 596 g/mol. The Labute approximate surface area is 266 Å². The lowest BCUT2D eigenvalue weighted by atomic mass is 9.43. The number of para-hydroxylation sites is 1. The van der Waals surface area contributed by atoms with Crippen molar-refractivity contribution >= 4 is 42.4 Å². The third-order valence-corrected chi connectivity index (χ3v) is 13.2. The van der Waals surface area contributed by atoms with Gasteiger partial charge < -0.3 is 0 Å². The van der Waals surface area contributed by atoms with E-state index in [4.69, 9.17) is 9.97 Å². The van der Waals surface area contributed by atoms with Gasteiger partial charge in [0.2, 0.25) is 0 Å². The average Bonchev–Trinajstić information content (AvgIpc) is 3.60. The molecule has 0 unspecified atom stereocenters. The smallest absolute Gasteiger partial charge is 0.160 e. The summed E-state index contributed by atoms with van der Waals surface area (Å²) in [6.07, 6.45) is 7.03. The molecule has 0 amide bonds. The highest BCUT2D eigenvalue weighted by Gasteiger charge is 2.62. The van der Waals surface area contributed by atoms with Crippen molar-refractivity contribution in [1.29, 1.82) is 0 Å². The van der Waals surface area contributed by atoms with Crippen LogP contribution in [0, 0.1) is 23.7 Å². The largest absolute Gasteiger partial charge is 0.228 e. The normalized spacial score (nSPS) is 25.9. The number of benzene rings is 5. The molecule has 1 spiro atoms. The minimum absolute atomic E-state index is 0.111. The van der Waals surface area contributed by atoms with Gasteiger partial charge in [-0.1, -0.05) is 84.9 Å². The molecular formula is C42H32N2S. The number of hydrogen-bond donors (Lipinski definition) is 0. The molecule has 45 heavy (non-hydrogen) atoms. The Kier molecular flexibility index (Phi) is 4.92. The predicted molar refractivity (Wildman–Crippen MR) is 187 cm³/mol. The van der Waals surface area contributed by atoms with Gasteiger partial charge in [0, 0.05) is 42.1 Å². The van der Waals surface area contributed by atoms with E-state index in [-0.39, 0.29) is 5.41 Å². The molecule has 12 rings (SSSR count). The lowest BCUT2D eigenvalue weighted by molar-refractivity contribution is -0.0393. The first-order valence-electron chi connectivity index (χ1n) is 16.7. The summed E-state index contributed by atoms with van der Waals surface area (Å²) in [6, 6.07) is 40.3. The number of nitrogens with zero attached hydrogens (tertiary/aromatic N) is 2. The standard InChI is InChI=1S/C42H32N2S/c1-2-8-26(9-3-1)40-31-10-4-6-12-35(31)43-41(44-40)27-14-16-34-33(23-27)30-15-17-37-38(32-11-5-7-13-36(32)45-37)39(30)42(34)28-19-24-18-25(21-28)22-29(42)20-24/h1-17,23-25,28-29H,18-22H2. The van der Waals surface area contributed by atoms with Gasteiger partial charge in [0.15, 0.2) is 5.82 Å². The Balaban J connectivity index is 1.19. The molecule has 2 aromatic heterocycles. The summed E-state index contributed by atoms with van der Waals surface area (Å²) in [5, 5.41) is 4.07. The second-order valence-corrected chi connectivity index (χ2v) is 15.3. The zero-order chi connectivity index (χ0) is 29.3. The van der Waals surface area contributed by atoms with Gasteiger partial charge in [-0.05, 0) is 102 Å². The molecule has 0 saturated heterocycles. The Morgan fingerprint density at radius 3 is 2.13 bits per heavy atom. The van der Waals surface area contributed by atoms with Gasteiger partial charge >= 0.3 is 0 Å². The topological polar surface area (TPSA) is 25.8 Å². The maximum Gasteiger partial charge on any atom is 0.160 e. The third-order valence-electron chi connectivity index (χ3n) is 12.0. The Hall–Kier alpha value is -4.34. The number of thiophene rings is 1. The molecule has 4 fully saturated rings. The average molecular weight is 597 g/mol. The van der Waals surface area contributed by atoms with Gasteiger partial charge in [-0.15, -0.1) is 11.3 Å². The molecule has 216 valence electrons. The maximum absolute atomic E-state index is 5.27. The Morgan fingerprint density at radius 2 is 1.31 bits per heavy atom. The van der Waals surface area contributed by atoms with Crippen LogP contribution < -0.4 is 0 Å². The van der Waals surface area contributed by atoms with E-state index in [0.29, 0.717) is 0 Å². The van der Waals surface area contributed by atoms with Crippen molar-refractivity contribution in [1.82, 2.24) is 9.97 Å². The van der Waals surface area contributed by atoms with E-state index < -0.39 is 0 Å². The van der Waals surface area contributed by atoms with Crippen LogP contribution in [0.5, 0.6) is 0 Å². The van der Waals surface area contributed by atoms with Crippen molar-refractivity contribution in [3.63, 3.8) is 0 Å². The molecule has 5 aromatic carbocycles. The molecule has 5 aliphatic carbocycles. The molecule has 0 atom stereocenters. The molecule has 0 radical (unpaired) electrons. The van der Waals surface area contributed by atoms with Crippen molar-refractivity contribution in [2.75, 3.05) is 0 Å². The summed E-state index contributed by atoms with van der Waals surface area (Å²) < 4.78 is 2.86. The maximum atomic E-state index is 5.27. The second-order valence-electron chi connectivity index (χ2n) is 14.2. The predicted octanol–water partition coefficient (Wildman–Crippen LogP) is 11.1. The first-order valence-corrected chi connectivity index (χ1v) is 17.5. The van der Waals surface area contributed by atoms with Crippen LogP contribution in [0.3, 0.4) is 0 Å². The number of rotatable bonds is 2. The highest BCUT2D eigenvalue weighted by atomic mass is 32.1. The Morgan fingerprint density at radius 1 is 0.578 bits per heavy atom. The van der Waals surface area contributed by atoms with Gasteiger partial charge in [0.05, 0.1) is 11.2 Å². The van der Waals surface area contributed by atoms with Gasteiger partial charge in [-0.3, -0.25) is 0 Å². The zero-order valence-corrected chi connectivity index (χ0v) is 25.9. The molecule has 2 nitrogen and oxygen atoms in total. The van der Waals surface area contributed by atoms with Crippen LogP contribution in [0.4, 0.5) is 0 Å². The van der Waals surface area contributed by atoms with Crippen molar-refractivity contribution < 1.29 is 0 Å². The molecule has 0 aliphatic heterocycles. The van der Waals surface area contributed by atoms with Crippen LogP contribution in [0.15, 0.2) is 109 Å². The fraction of sp³-hybridized carbons (Fsp3) is 0.238. The third kappa shape index (κ3) is 3.24. The quantitative estimate of drug-likeness (QED) is 0.198. The minimum atomic E-state index is 0.111. The van der Waals surface area contributed by atoms with Crippen LogP contribution in [-0.2, 0) is 5.41 Å². The van der Waals surface area contributed by atoms with E-state index in [1.54, 1.807) is 11.1 Å². The van der Waals surface area contributed by atoms with E-state index in [1.807, 2.05) is 11.3 Å². The molecule has 7 aromatic rings. The molecule has 3 heteroatoms. The van der Waals surface area contributed by atoms with Gasteiger partial charge in [0.1, 0.15) is 0 Å². The highest BCUT2D eigenvalue weighted by molar-refractivity contribution is 7.25. The van der Waals surface area contributed by atoms with E-state index >= 15 is 0 Å². The summed E-state index contributed by atoms with van der Waals surface area (Å²) in [7, 11) is 0. The fourth-order valence-electron chi connectivity index (χ4n) is 10.7. The first kappa shape index (κ1) is 24.9. The van der Waals surface area contributed by atoms with Crippen LogP contribution >= 0.6 is 11.3 Å². The minimum Gasteiger partial charge on any atom is -0.228 e. The van der Waals surface area contributed by atoms with Crippen LogP contribution in [0.2, 0.25) is 0 Å². The molecule has 4 saturated carbocycles. The highest BCUT2D eigenvalue weighted by Crippen LogP contribution is 2.70. The summed E-state index contributed by atoms with van der Waals surface area (Å²) in [5.74, 6) is 4.11. The van der Waals surface area contributed by atoms with E-state index in [2.05, 4.69) is 109 Å². The second kappa shape index (κ2) is 8.89. The summed E-state index contributed by atoms with van der Waals surface area (Å²) in [5.41, 5.74) is 10.5. The lowest BCUT2D eigenvalue weighted by Crippen LogP contribution is -2.55. The summed E-state index contributed by atoms with van der Waals surface area (Å²) >= 11 is 1.97. The van der Waals surface area contributed by atoms with Gasteiger partial charge in [-0.2, -0.15) is 0 Å². The summed E-state index contributed by atoms with van der Waals surface area (Å²) in [6.45, 7) is 0. The number of aromatic nitrogens is 2.